The molecular formula is C22H47O5P. The highest BCUT2D eigenvalue weighted by Gasteiger charge is 2.28. The van der Waals surface area contributed by atoms with Gasteiger partial charge < -0.3 is 19.3 Å². The summed E-state index contributed by atoms with van der Waals surface area (Å²) in [5.74, 6) is 0. The minimum Gasteiger partial charge on any atom is -0.396 e. The van der Waals surface area contributed by atoms with Crippen LogP contribution in [0.4, 0.5) is 0 Å². The average molecular weight is 423 g/mol. The zero-order chi connectivity index (χ0) is 21.5. The molecule has 0 aromatic heterocycles. The van der Waals surface area contributed by atoms with Crippen LogP contribution in [0.2, 0.25) is 0 Å². The van der Waals surface area contributed by atoms with Gasteiger partial charge >= 0.3 is 7.60 Å². The summed E-state index contributed by atoms with van der Waals surface area (Å²) in [7, 11) is -3.41. The monoisotopic (exact) mass is 422 g/mol. The zero-order valence-corrected chi connectivity index (χ0v) is 20.1. The van der Waals surface area contributed by atoms with E-state index in [1.165, 1.54) is 13.1 Å². The van der Waals surface area contributed by atoms with Crippen molar-refractivity contribution in [1.82, 2.24) is 0 Å². The number of hydrogen-bond acceptors (Lipinski definition) is 4. The van der Waals surface area contributed by atoms with Crippen molar-refractivity contribution in [3.8, 4) is 0 Å². The molecule has 6 heteroatoms. The molecule has 0 fully saturated rings. The van der Waals surface area contributed by atoms with Crippen molar-refractivity contribution >= 4 is 7.60 Å². The maximum atomic E-state index is 11.4. The van der Waals surface area contributed by atoms with Gasteiger partial charge in [0, 0.05) is 26.5 Å². The Kier molecular flexibility index (Phi) is 15.0. The molecule has 0 saturated heterocycles. The van der Waals surface area contributed by atoms with E-state index in [1.54, 1.807) is 0 Å². The van der Waals surface area contributed by atoms with Gasteiger partial charge in [-0.15, -0.1) is 0 Å². The van der Waals surface area contributed by atoms with Gasteiger partial charge in [-0.25, -0.2) is 0 Å². The second-order valence-electron chi connectivity index (χ2n) is 8.49. The van der Waals surface area contributed by atoms with Crippen LogP contribution in [0.15, 0.2) is 0 Å². The van der Waals surface area contributed by atoms with Crippen molar-refractivity contribution in [2.24, 2.45) is 10.8 Å². The highest BCUT2D eigenvalue weighted by molar-refractivity contribution is 7.51. The van der Waals surface area contributed by atoms with Gasteiger partial charge in [-0.3, -0.25) is 4.57 Å². The van der Waals surface area contributed by atoms with Crippen molar-refractivity contribution in [2.75, 3.05) is 33.1 Å². The first-order valence-corrected chi connectivity index (χ1v) is 13.4. The average Bonchev–Trinajstić information content (AvgIpc) is 2.67. The second kappa shape index (κ2) is 15.0. The van der Waals surface area contributed by atoms with E-state index >= 15 is 0 Å². The van der Waals surface area contributed by atoms with E-state index in [-0.39, 0.29) is 12.0 Å². The first kappa shape index (κ1) is 28.1. The van der Waals surface area contributed by atoms with Crippen LogP contribution in [0.3, 0.4) is 0 Å². The third-order valence-corrected chi connectivity index (χ3v) is 7.35. The van der Waals surface area contributed by atoms with E-state index in [9.17, 15) is 14.6 Å². The highest BCUT2D eigenvalue weighted by atomic mass is 31.2. The molecular weight excluding hydrogens is 375 g/mol. The zero-order valence-electron chi connectivity index (χ0n) is 19.2. The molecule has 0 saturated carbocycles. The number of aliphatic hydroxyl groups is 1. The molecule has 1 atom stereocenters. The number of ether oxygens (including phenoxy) is 1. The summed E-state index contributed by atoms with van der Waals surface area (Å²) >= 11 is 0. The van der Waals surface area contributed by atoms with Gasteiger partial charge in [0.15, 0.2) is 0 Å². The third-order valence-electron chi connectivity index (χ3n) is 6.74. The van der Waals surface area contributed by atoms with E-state index in [1.807, 2.05) is 0 Å². The van der Waals surface area contributed by atoms with Crippen molar-refractivity contribution in [3.63, 3.8) is 0 Å². The molecule has 0 heterocycles. The predicted octanol–water partition coefficient (Wildman–Crippen LogP) is 6.17. The fourth-order valence-corrected chi connectivity index (χ4v) is 4.48. The third kappa shape index (κ3) is 11.9. The SMILES string of the molecule is CCC(CC)(CCO)CCCCOCCCCC(CC)(CC)COP(C)(=O)O. The Balaban J connectivity index is 3.96. The molecule has 5 nitrogen and oxygen atoms in total. The summed E-state index contributed by atoms with van der Waals surface area (Å²) in [5.41, 5.74) is 0.294. The lowest BCUT2D eigenvalue weighted by Gasteiger charge is -2.32. The Hall–Kier alpha value is 0.0700. The van der Waals surface area contributed by atoms with Gasteiger partial charge in [0.05, 0.1) is 6.61 Å². The van der Waals surface area contributed by atoms with Gasteiger partial charge in [-0.1, -0.05) is 53.4 Å². The number of unbranched alkanes of at least 4 members (excludes halogenated alkanes) is 2. The van der Waals surface area contributed by atoms with Crippen LogP contribution in [-0.4, -0.2) is 43.1 Å². The Labute approximate surface area is 174 Å². The Bertz CT molecular complexity index is 413. The molecule has 0 radical (unpaired) electrons. The van der Waals surface area contributed by atoms with Crippen LogP contribution >= 0.6 is 7.60 Å². The molecule has 28 heavy (non-hydrogen) atoms. The lowest BCUT2D eigenvalue weighted by molar-refractivity contribution is 0.0938. The summed E-state index contributed by atoms with van der Waals surface area (Å²) in [6.07, 6.45) is 11.6. The molecule has 0 rings (SSSR count). The molecule has 2 N–H and O–H groups in total. The molecule has 0 aromatic carbocycles. The molecule has 170 valence electrons. The molecule has 0 bridgehead atoms. The number of aliphatic hydroxyl groups excluding tert-OH is 1. The highest BCUT2D eigenvalue weighted by Crippen LogP contribution is 2.42. The molecule has 0 aromatic rings. The molecule has 1 unspecified atom stereocenters. The normalized spacial score (nSPS) is 15.0. The Morgan fingerprint density at radius 1 is 0.786 bits per heavy atom. The van der Waals surface area contributed by atoms with Gasteiger partial charge in [-0.05, 0) is 55.8 Å². The number of rotatable bonds is 19. The molecule has 0 amide bonds. The van der Waals surface area contributed by atoms with E-state index in [2.05, 4.69) is 27.7 Å². The summed E-state index contributed by atoms with van der Waals surface area (Å²) in [5, 5.41) is 9.29. The van der Waals surface area contributed by atoms with E-state index in [0.29, 0.717) is 12.0 Å². The van der Waals surface area contributed by atoms with Crippen molar-refractivity contribution in [2.45, 2.75) is 98.3 Å². The topological polar surface area (TPSA) is 76.0 Å². The Morgan fingerprint density at radius 3 is 1.64 bits per heavy atom. The fraction of sp³-hybridized carbons (Fsp3) is 1.00. The van der Waals surface area contributed by atoms with Crippen LogP contribution in [0.25, 0.3) is 0 Å². The molecule has 0 aliphatic carbocycles. The minimum atomic E-state index is -3.41. The van der Waals surface area contributed by atoms with Crippen molar-refractivity contribution in [1.29, 1.82) is 0 Å². The predicted molar refractivity (Wildman–Crippen MR) is 118 cm³/mol. The first-order chi connectivity index (χ1) is 13.2. The maximum absolute atomic E-state index is 11.4. The van der Waals surface area contributed by atoms with Crippen LogP contribution in [0, 0.1) is 10.8 Å². The van der Waals surface area contributed by atoms with E-state index in [4.69, 9.17) is 9.26 Å². The van der Waals surface area contributed by atoms with Crippen LogP contribution < -0.4 is 0 Å². The van der Waals surface area contributed by atoms with E-state index in [0.717, 1.165) is 77.4 Å². The van der Waals surface area contributed by atoms with Gasteiger partial charge in [-0.2, -0.15) is 0 Å². The largest absolute Gasteiger partial charge is 0.396 e. The van der Waals surface area contributed by atoms with Gasteiger partial charge in [0.1, 0.15) is 0 Å². The van der Waals surface area contributed by atoms with Crippen molar-refractivity contribution < 1.29 is 23.8 Å². The van der Waals surface area contributed by atoms with Crippen LogP contribution in [-0.2, 0) is 13.8 Å². The second-order valence-corrected chi connectivity index (χ2v) is 10.4. The molecule has 0 aliphatic rings. The summed E-state index contributed by atoms with van der Waals surface area (Å²) in [4.78, 5) is 9.40. The lowest BCUT2D eigenvalue weighted by Crippen LogP contribution is -2.25. The standard InChI is InChI=1S/C22H47O5P/c1-6-21(7-2,16-17-23)14-10-12-18-26-19-13-11-15-22(8-3,9-4)20-27-28(5,24)25/h23H,6-20H2,1-5H3,(H,24,25). The van der Waals surface area contributed by atoms with Crippen LogP contribution in [0.5, 0.6) is 0 Å². The van der Waals surface area contributed by atoms with Crippen LogP contribution in [0.1, 0.15) is 98.3 Å². The van der Waals surface area contributed by atoms with Gasteiger partial charge in [0.25, 0.3) is 0 Å². The smallest absolute Gasteiger partial charge is 0.325 e. The lowest BCUT2D eigenvalue weighted by atomic mass is 9.75. The summed E-state index contributed by atoms with van der Waals surface area (Å²) < 4.78 is 22.5. The quantitative estimate of drug-likeness (QED) is 0.192. The first-order valence-electron chi connectivity index (χ1n) is 11.4. The number of hydrogen-bond donors (Lipinski definition) is 2. The Morgan fingerprint density at radius 2 is 1.25 bits per heavy atom. The van der Waals surface area contributed by atoms with Gasteiger partial charge in [0.2, 0.25) is 0 Å². The fourth-order valence-electron chi connectivity index (χ4n) is 3.97. The summed E-state index contributed by atoms with van der Waals surface area (Å²) in [6, 6.07) is 0. The summed E-state index contributed by atoms with van der Waals surface area (Å²) in [6.45, 7) is 12.2. The molecule has 0 aliphatic heterocycles. The minimum absolute atomic E-state index is 0.00918. The van der Waals surface area contributed by atoms with E-state index < -0.39 is 7.60 Å². The van der Waals surface area contributed by atoms with Crippen molar-refractivity contribution in [3.05, 3.63) is 0 Å². The molecule has 0 spiro atoms. The maximum Gasteiger partial charge on any atom is 0.325 e.